The van der Waals surface area contributed by atoms with Crippen LogP contribution in [0.1, 0.15) is 37.8 Å². The summed E-state index contributed by atoms with van der Waals surface area (Å²) in [6, 6.07) is 1.98. The van der Waals surface area contributed by atoms with Gasteiger partial charge in [-0.15, -0.1) is 0 Å². The third kappa shape index (κ3) is 2.82. The Bertz CT molecular complexity index is 454. The molecule has 2 saturated carbocycles. The average Bonchev–Trinajstić information content (AvgIpc) is 3.07. The van der Waals surface area contributed by atoms with Crippen molar-refractivity contribution >= 4 is 5.91 Å². The molecule has 4 heteroatoms. The van der Waals surface area contributed by atoms with Crippen molar-refractivity contribution in [1.29, 1.82) is 0 Å². The summed E-state index contributed by atoms with van der Waals surface area (Å²) in [7, 11) is 0. The van der Waals surface area contributed by atoms with E-state index >= 15 is 0 Å². The lowest BCUT2D eigenvalue weighted by Crippen LogP contribution is -2.30. The topological polar surface area (TPSA) is 46.9 Å². The van der Waals surface area contributed by atoms with Gasteiger partial charge in [0.15, 0.2) is 0 Å². The lowest BCUT2D eigenvalue weighted by molar-refractivity contribution is -0.122. The first-order chi connectivity index (χ1) is 9.22. The minimum Gasteiger partial charge on any atom is -0.354 e. The van der Waals surface area contributed by atoms with Crippen LogP contribution < -0.4 is 5.32 Å². The van der Waals surface area contributed by atoms with Crippen molar-refractivity contribution in [2.24, 2.45) is 17.8 Å². The molecule has 104 valence electrons. The molecule has 3 rings (SSSR count). The molecule has 0 radical (unpaired) electrons. The number of amides is 1. The smallest absolute Gasteiger partial charge is 0.220 e. The van der Waals surface area contributed by atoms with Crippen LogP contribution in [0, 0.1) is 24.7 Å². The minimum absolute atomic E-state index is 0.224. The van der Waals surface area contributed by atoms with Crippen LogP contribution in [0.4, 0.5) is 0 Å². The number of nitrogens with zero attached hydrogens (tertiary/aromatic N) is 2. The van der Waals surface area contributed by atoms with Crippen molar-refractivity contribution in [2.45, 2.75) is 45.6 Å². The molecule has 1 heterocycles. The number of carbonyl (C=O) groups excluding carboxylic acids is 1. The number of nitrogens with one attached hydrogen (secondary N) is 1. The van der Waals surface area contributed by atoms with Crippen LogP contribution in [0.3, 0.4) is 0 Å². The predicted octanol–water partition coefficient (Wildman–Crippen LogP) is 2.13. The number of hydrogen-bond donors (Lipinski definition) is 1. The van der Waals surface area contributed by atoms with Gasteiger partial charge in [-0.05, 0) is 50.0 Å². The molecule has 0 unspecified atom stereocenters. The Morgan fingerprint density at radius 1 is 1.47 bits per heavy atom. The van der Waals surface area contributed by atoms with Gasteiger partial charge >= 0.3 is 0 Å². The second kappa shape index (κ2) is 5.35. The van der Waals surface area contributed by atoms with Crippen molar-refractivity contribution in [2.75, 3.05) is 6.54 Å². The minimum atomic E-state index is 0.224. The Hall–Kier alpha value is -1.32. The van der Waals surface area contributed by atoms with E-state index in [1.807, 2.05) is 17.7 Å². The molecule has 3 atom stereocenters. The first kappa shape index (κ1) is 12.7. The molecule has 0 saturated heterocycles. The highest BCUT2D eigenvalue weighted by Gasteiger charge is 2.39. The monoisotopic (exact) mass is 261 g/mol. The summed E-state index contributed by atoms with van der Waals surface area (Å²) in [6.07, 6.45) is 7.96. The molecule has 2 aliphatic rings. The van der Waals surface area contributed by atoms with E-state index in [2.05, 4.69) is 10.4 Å². The van der Waals surface area contributed by atoms with Crippen molar-refractivity contribution in [3.8, 4) is 0 Å². The van der Waals surface area contributed by atoms with E-state index < -0.39 is 0 Å². The van der Waals surface area contributed by atoms with E-state index in [4.69, 9.17) is 0 Å². The lowest BCUT2D eigenvalue weighted by atomic mass is 9.86. The Morgan fingerprint density at radius 2 is 2.37 bits per heavy atom. The van der Waals surface area contributed by atoms with Gasteiger partial charge in [0.1, 0.15) is 0 Å². The zero-order valence-corrected chi connectivity index (χ0v) is 11.6. The van der Waals surface area contributed by atoms with Gasteiger partial charge in [0.2, 0.25) is 5.91 Å². The summed E-state index contributed by atoms with van der Waals surface area (Å²) >= 11 is 0. The summed E-state index contributed by atoms with van der Waals surface area (Å²) in [6.45, 7) is 3.48. The molecule has 0 aromatic carbocycles. The van der Waals surface area contributed by atoms with Crippen molar-refractivity contribution in [3.63, 3.8) is 0 Å². The van der Waals surface area contributed by atoms with E-state index in [-0.39, 0.29) is 5.91 Å². The second-order valence-corrected chi connectivity index (χ2v) is 6.18. The van der Waals surface area contributed by atoms with Crippen molar-refractivity contribution in [3.05, 3.63) is 18.0 Å². The molecule has 1 amide bonds. The van der Waals surface area contributed by atoms with E-state index in [9.17, 15) is 4.79 Å². The van der Waals surface area contributed by atoms with Crippen LogP contribution in [0.15, 0.2) is 12.3 Å². The number of aryl methyl sites for hydroxylation is 1. The zero-order valence-electron chi connectivity index (χ0n) is 11.6. The maximum Gasteiger partial charge on any atom is 0.220 e. The highest BCUT2D eigenvalue weighted by molar-refractivity contribution is 5.76. The van der Waals surface area contributed by atoms with Gasteiger partial charge < -0.3 is 5.32 Å². The second-order valence-electron chi connectivity index (χ2n) is 6.18. The maximum atomic E-state index is 11.9. The molecule has 1 N–H and O–H groups in total. The molecule has 1 aromatic rings. The summed E-state index contributed by atoms with van der Waals surface area (Å²) in [5.41, 5.74) is 1.14. The normalized spacial score (nSPS) is 28.8. The molecule has 2 fully saturated rings. The number of hydrogen-bond acceptors (Lipinski definition) is 2. The maximum absolute atomic E-state index is 11.9. The predicted molar refractivity (Wildman–Crippen MR) is 73.5 cm³/mol. The number of aromatic nitrogens is 2. The summed E-state index contributed by atoms with van der Waals surface area (Å²) < 4.78 is 1.93. The summed E-state index contributed by atoms with van der Waals surface area (Å²) in [5, 5.41) is 7.25. The van der Waals surface area contributed by atoms with Crippen LogP contribution in [0.5, 0.6) is 0 Å². The highest BCUT2D eigenvalue weighted by Crippen LogP contribution is 2.49. The largest absolute Gasteiger partial charge is 0.354 e. The molecule has 1 aromatic heterocycles. The number of rotatable bonds is 5. The summed E-state index contributed by atoms with van der Waals surface area (Å²) in [4.78, 5) is 11.9. The Balaban J connectivity index is 1.39. The van der Waals surface area contributed by atoms with Crippen molar-refractivity contribution < 1.29 is 4.79 Å². The standard InChI is InChI=1S/C15H23N3O/c1-11-4-5-17-18(11)7-6-16-15(19)10-14-9-12-2-3-13(14)8-12/h4-5,12-14H,2-3,6-10H2,1H3,(H,16,19)/t12-,13-,14-/m0/s1. The van der Waals surface area contributed by atoms with Gasteiger partial charge in [-0.1, -0.05) is 6.42 Å². The van der Waals surface area contributed by atoms with Crippen LogP contribution >= 0.6 is 0 Å². The average molecular weight is 261 g/mol. The molecule has 0 spiro atoms. The van der Waals surface area contributed by atoms with Gasteiger partial charge in [-0.2, -0.15) is 5.10 Å². The molecule has 0 aliphatic heterocycles. The Morgan fingerprint density at radius 3 is 3.00 bits per heavy atom. The van der Waals surface area contributed by atoms with Gasteiger partial charge in [-0.25, -0.2) is 0 Å². The van der Waals surface area contributed by atoms with Gasteiger partial charge in [0.05, 0.1) is 6.54 Å². The van der Waals surface area contributed by atoms with E-state index in [1.165, 1.54) is 25.7 Å². The Kier molecular flexibility index (Phi) is 3.58. The lowest BCUT2D eigenvalue weighted by Gasteiger charge is -2.20. The fraction of sp³-hybridized carbons (Fsp3) is 0.733. The third-order valence-electron chi connectivity index (χ3n) is 4.91. The number of fused-ring (bicyclic) bond motifs is 2. The van der Waals surface area contributed by atoms with Gasteiger partial charge in [0.25, 0.3) is 0 Å². The van der Waals surface area contributed by atoms with Crippen molar-refractivity contribution in [1.82, 2.24) is 15.1 Å². The molecular formula is C15H23N3O. The van der Waals surface area contributed by atoms with E-state index in [0.29, 0.717) is 12.5 Å². The Labute approximate surface area is 114 Å². The fourth-order valence-electron chi connectivity index (χ4n) is 3.87. The van der Waals surface area contributed by atoms with E-state index in [0.717, 1.165) is 30.5 Å². The molecule has 19 heavy (non-hydrogen) atoms. The summed E-state index contributed by atoms with van der Waals surface area (Å²) in [5.74, 6) is 2.64. The quantitative estimate of drug-likeness (QED) is 0.882. The van der Waals surface area contributed by atoms with Gasteiger partial charge in [0, 0.05) is 24.9 Å². The first-order valence-electron chi connectivity index (χ1n) is 7.47. The zero-order chi connectivity index (χ0) is 13.2. The number of carbonyl (C=O) groups is 1. The molecule has 2 bridgehead atoms. The molecule has 2 aliphatic carbocycles. The first-order valence-corrected chi connectivity index (χ1v) is 7.47. The van der Waals surface area contributed by atoms with Crippen LogP contribution in [0.25, 0.3) is 0 Å². The van der Waals surface area contributed by atoms with Crippen LogP contribution in [-0.4, -0.2) is 22.2 Å². The van der Waals surface area contributed by atoms with Crippen LogP contribution in [0.2, 0.25) is 0 Å². The molecule has 4 nitrogen and oxygen atoms in total. The molecular weight excluding hydrogens is 238 g/mol. The SMILES string of the molecule is Cc1ccnn1CCNC(=O)C[C@@H]1C[C@H]2CC[C@H]1C2. The van der Waals surface area contributed by atoms with E-state index in [1.54, 1.807) is 6.20 Å². The van der Waals surface area contributed by atoms with Crippen LogP contribution in [-0.2, 0) is 11.3 Å². The fourth-order valence-corrected chi connectivity index (χ4v) is 3.87. The third-order valence-corrected chi connectivity index (χ3v) is 4.91. The highest BCUT2D eigenvalue weighted by atomic mass is 16.1. The van der Waals surface area contributed by atoms with Gasteiger partial charge in [-0.3, -0.25) is 9.48 Å².